The SMILES string of the molecule is CCOc1ccccc1NC(=O)Cn1c(=O)c(-c2noc(CC)n2)c2n(c1=O)CCCC2. The van der Waals surface area contributed by atoms with Gasteiger partial charge in [0.05, 0.1) is 12.3 Å². The molecular weight excluding hydrogens is 414 g/mol. The highest BCUT2D eigenvalue weighted by Gasteiger charge is 2.26. The summed E-state index contributed by atoms with van der Waals surface area (Å²) in [6.45, 7) is 4.17. The van der Waals surface area contributed by atoms with Crippen molar-refractivity contribution < 1.29 is 14.1 Å². The van der Waals surface area contributed by atoms with Crippen LogP contribution >= 0.6 is 0 Å². The van der Waals surface area contributed by atoms with Gasteiger partial charge in [-0.2, -0.15) is 4.98 Å². The Morgan fingerprint density at radius 2 is 2.03 bits per heavy atom. The molecule has 32 heavy (non-hydrogen) atoms. The van der Waals surface area contributed by atoms with Crippen LogP contribution < -0.4 is 21.3 Å². The third kappa shape index (κ3) is 4.08. The van der Waals surface area contributed by atoms with E-state index in [0.717, 1.165) is 17.4 Å². The van der Waals surface area contributed by atoms with Crippen molar-refractivity contribution in [2.75, 3.05) is 11.9 Å². The number of rotatable bonds is 7. The summed E-state index contributed by atoms with van der Waals surface area (Å²) in [6, 6.07) is 6.99. The Morgan fingerprint density at radius 1 is 1.22 bits per heavy atom. The van der Waals surface area contributed by atoms with Gasteiger partial charge in [0.15, 0.2) is 0 Å². The summed E-state index contributed by atoms with van der Waals surface area (Å²) in [4.78, 5) is 43.5. The fourth-order valence-corrected chi connectivity index (χ4v) is 3.84. The van der Waals surface area contributed by atoms with Crippen LogP contribution in [-0.4, -0.2) is 31.8 Å². The van der Waals surface area contributed by atoms with Crippen LogP contribution in [0.25, 0.3) is 11.4 Å². The molecule has 3 heterocycles. The van der Waals surface area contributed by atoms with Crippen molar-refractivity contribution in [3.63, 3.8) is 0 Å². The summed E-state index contributed by atoms with van der Waals surface area (Å²) in [5, 5.41) is 6.67. The van der Waals surface area contributed by atoms with E-state index >= 15 is 0 Å². The highest BCUT2D eigenvalue weighted by molar-refractivity contribution is 5.92. The third-order valence-corrected chi connectivity index (χ3v) is 5.34. The smallest absolute Gasteiger partial charge is 0.331 e. The second kappa shape index (κ2) is 9.21. The first kappa shape index (κ1) is 21.5. The lowest BCUT2D eigenvalue weighted by Gasteiger charge is -2.21. The Kier molecular flexibility index (Phi) is 6.20. The Morgan fingerprint density at radius 3 is 2.78 bits per heavy atom. The highest BCUT2D eigenvalue weighted by Crippen LogP contribution is 2.24. The van der Waals surface area contributed by atoms with E-state index in [0.29, 0.717) is 49.0 Å². The Labute approximate surface area is 183 Å². The molecule has 0 saturated heterocycles. The maximum Gasteiger partial charge on any atom is 0.331 e. The zero-order valence-corrected chi connectivity index (χ0v) is 18.1. The average Bonchev–Trinajstić information content (AvgIpc) is 3.27. The molecule has 3 aromatic rings. The molecule has 10 nitrogen and oxygen atoms in total. The monoisotopic (exact) mass is 439 g/mol. The quantitative estimate of drug-likeness (QED) is 0.597. The molecule has 1 amide bonds. The maximum absolute atomic E-state index is 13.3. The molecule has 1 aromatic carbocycles. The number of amides is 1. The predicted octanol–water partition coefficient (Wildman–Crippen LogP) is 2.00. The molecule has 0 unspecified atom stereocenters. The standard InChI is InChI=1S/C22H25N5O5/c1-3-18-24-20(25-32-18)19-15-10-7-8-12-26(15)22(30)27(21(19)29)13-17(28)23-14-9-5-6-11-16(14)31-4-2/h5-6,9,11H,3-4,7-8,10,12-13H2,1-2H3,(H,23,28). The van der Waals surface area contributed by atoms with Gasteiger partial charge in [-0.15, -0.1) is 0 Å². The van der Waals surface area contributed by atoms with Crippen LogP contribution in [0.4, 0.5) is 5.69 Å². The van der Waals surface area contributed by atoms with Gasteiger partial charge in [-0.3, -0.25) is 18.7 Å². The van der Waals surface area contributed by atoms with Gasteiger partial charge in [-0.05, 0) is 38.3 Å². The molecule has 0 saturated carbocycles. The predicted molar refractivity (Wildman–Crippen MR) is 117 cm³/mol. The number of aromatic nitrogens is 4. The Bertz CT molecular complexity index is 1260. The largest absolute Gasteiger partial charge is 0.492 e. The van der Waals surface area contributed by atoms with Crippen LogP contribution in [0.2, 0.25) is 0 Å². The Hall–Kier alpha value is -3.69. The molecule has 0 aliphatic carbocycles. The number of ether oxygens (including phenoxy) is 1. The maximum atomic E-state index is 13.3. The van der Waals surface area contributed by atoms with E-state index in [1.165, 1.54) is 0 Å². The second-order valence-corrected chi connectivity index (χ2v) is 7.45. The van der Waals surface area contributed by atoms with Crippen molar-refractivity contribution in [3.05, 3.63) is 56.7 Å². The van der Waals surface area contributed by atoms with E-state index in [9.17, 15) is 14.4 Å². The van der Waals surface area contributed by atoms with E-state index in [-0.39, 0.29) is 11.4 Å². The van der Waals surface area contributed by atoms with Gasteiger partial charge in [0.25, 0.3) is 5.56 Å². The van der Waals surface area contributed by atoms with Gasteiger partial charge >= 0.3 is 5.69 Å². The summed E-state index contributed by atoms with van der Waals surface area (Å²) < 4.78 is 13.2. The number of carbonyl (C=O) groups is 1. The normalized spacial score (nSPS) is 12.9. The minimum atomic E-state index is -0.597. The van der Waals surface area contributed by atoms with Gasteiger partial charge < -0.3 is 14.6 Å². The fourth-order valence-electron chi connectivity index (χ4n) is 3.84. The molecule has 1 aliphatic rings. The van der Waals surface area contributed by atoms with E-state index < -0.39 is 23.7 Å². The lowest BCUT2D eigenvalue weighted by atomic mass is 10.0. The number of hydrogen-bond acceptors (Lipinski definition) is 7. The van der Waals surface area contributed by atoms with Crippen LogP contribution in [0.3, 0.4) is 0 Å². The molecule has 0 bridgehead atoms. The van der Waals surface area contributed by atoms with Crippen LogP contribution in [0, 0.1) is 0 Å². The minimum absolute atomic E-state index is 0.147. The van der Waals surface area contributed by atoms with Crippen molar-refractivity contribution in [2.24, 2.45) is 0 Å². The molecule has 10 heteroatoms. The lowest BCUT2D eigenvalue weighted by molar-refractivity contribution is -0.116. The van der Waals surface area contributed by atoms with Crippen LogP contribution in [0.5, 0.6) is 5.75 Å². The summed E-state index contributed by atoms with van der Waals surface area (Å²) in [5.74, 6) is 0.545. The van der Waals surface area contributed by atoms with Gasteiger partial charge in [0, 0.05) is 18.7 Å². The van der Waals surface area contributed by atoms with Gasteiger partial charge in [0.2, 0.25) is 17.6 Å². The summed E-state index contributed by atoms with van der Waals surface area (Å²) >= 11 is 0. The van der Waals surface area contributed by atoms with E-state index in [2.05, 4.69) is 15.5 Å². The van der Waals surface area contributed by atoms with Crippen LogP contribution in [-0.2, 0) is 30.7 Å². The number of fused-ring (bicyclic) bond motifs is 1. The summed E-state index contributed by atoms with van der Waals surface area (Å²) in [7, 11) is 0. The Balaban J connectivity index is 1.73. The minimum Gasteiger partial charge on any atom is -0.492 e. The molecule has 0 atom stereocenters. The number of hydrogen-bond donors (Lipinski definition) is 1. The molecule has 0 radical (unpaired) electrons. The number of aryl methyl sites for hydroxylation is 1. The zero-order valence-electron chi connectivity index (χ0n) is 18.1. The molecule has 168 valence electrons. The third-order valence-electron chi connectivity index (χ3n) is 5.34. The van der Waals surface area contributed by atoms with E-state index in [1.54, 1.807) is 28.8 Å². The molecular formula is C22H25N5O5. The highest BCUT2D eigenvalue weighted by atomic mass is 16.5. The van der Waals surface area contributed by atoms with Gasteiger partial charge in [-0.1, -0.05) is 24.2 Å². The van der Waals surface area contributed by atoms with Crippen molar-refractivity contribution in [2.45, 2.75) is 52.6 Å². The molecule has 0 spiro atoms. The first-order valence-electron chi connectivity index (χ1n) is 10.7. The van der Waals surface area contributed by atoms with Crippen molar-refractivity contribution >= 4 is 11.6 Å². The van der Waals surface area contributed by atoms with Crippen molar-refractivity contribution in [1.29, 1.82) is 0 Å². The number of nitrogens with zero attached hydrogens (tertiary/aromatic N) is 4. The number of benzene rings is 1. The number of nitrogens with one attached hydrogen (secondary N) is 1. The van der Waals surface area contributed by atoms with E-state index in [1.807, 2.05) is 13.8 Å². The topological polar surface area (TPSA) is 121 Å². The summed E-state index contributed by atoms with van der Waals surface area (Å²) in [5.41, 5.74) is 0.167. The van der Waals surface area contributed by atoms with Crippen LogP contribution in [0.15, 0.2) is 38.4 Å². The van der Waals surface area contributed by atoms with Gasteiger partial charge in [-0.25, -0.2) is 4.79 Å². The van der Waals surface area contributed by atoms with Gasteiger partial charge in [0.1, 0.15) is 17.9 Å². The first-order chi connectivity index (χ1) is 15.5. The number of carbonyl (C=O) groups excluding carboxylic acids is 1. The van der Waals surface area contributed by atoms with E-state index in [4.69, 9.17) is 9.26 Å². The molecule has 1 N–H and O–H groups in total. The molecule has 4 rings (SSSR count). The molecule has 2 aromatic heterocycles. The zero-order chi connectivity index (χ0) is 22.7. The number of para-hydroxylation sites is 2. The van der Waals surface area contributed by atoms with Crippen molar-refractivity contribution in [1.82, 2.24) is 19.3 Å². The summed E-state index contributed by atoms with van der Waals surface area (Å²) in [6.07, 6.45) is 2.75. The first-order valence-corrected chi connectivity index (χ1v) is 10.7. The lowest BCUT2D eigenvalue weighted by Crippen LogP contribution is -2.45. The van der Waals surface area contributed by atoms with Crippen LogP contribution in [0.1, 0.15) is 38.3 Å². The fraction of sp³-hybridized carbons (Fsp3) is 0.409. The second-order valence-electron chi connectivity index (χ2n) is 7.45. The number of anilines is 1. The average molecular weight is 439 g/mol. The molecule has 0 fully saturated rings. The molecule has 1 aliphatic heterocycles. The van der Waals surface area contributed by atoms with Crippen molar-refractivity contribution in [3.8, 4) is 17.1 Å².